The van der Waals surface area contributed by atoms with E-state index in [1.54, 1.807) is 0 Å². The molecule has 2 heterocycles. The molecule has 0 saturated carbocycles. The predicted molar refractivity (Wildman–Crippen MR) is 175 cm³/mol. The van der Waals surface area contributed by atoms with Gasteiger partial charge in [-0.25, -0.2) is 0 Å². The molecule has 7 rings (SSSR count). The molecule has 6 aromatic rings. The Morgan fingerprint density at radius 3 is 1.65 bits per heavy atom. The summed E-state index contributed by atoms with van der Waals surface area (Å²) in [4.78, 5) is 5.19. The number of hydrogen-bond donors (Lipinski definition) is 0. The van der Waals surface area contributed by atoms with Crippen LogP contribution >= 0.6 is 0 Å². The molecule has 192 valence electrons. The molecule has 0 atom stereocenters. The zero-order valence-electron chi connectivity index (χ0n) is 22.9. The van der Waals surface area contributed by atoms with E-state index in [-0.39, 0.29) is 0 Å². The van der Waals surface area contributed by atoms with E-state index in [9.17, 15) is 0 Å². The van der Waals surface area contributed by atoms with Crippen molar-refractivity contribution in [3.8, 4) is 22.4 Å². The summed E-state index contributed by atoms with van der Waals surface area (Å²) in [6, 6.07) is 53.8. The first-order valence-corrected chi connectivity index (χ1v) is 19.0. The fourth-order valence-electron chi connectivity index (χ4n) is 6.66. The summed E-state index contributed by atoms with van der Waals surface area (Å²) in [5.41, 5.74) is 5.00. The third kappa shape index (κ3) is 3.69. The van der Waals surface area contributed by atoms with Crippen molar-refractivity contribution < 1.29 is 0 Å². The summed E-state index contributed by atoms with van der Waals surface area (Å²) in [6.07, 6.45) is 2.14. The molecule has 0 spiro atoms. The second-order valence-corrected chi connectivity index (χ2v) is 19.3. The van der Waals surface area contributed by atoms with E-state index in [0.717, 1.165) is 5.69 Å². The van der Waals surface area contributed by atoms with Gasteiger partial charge in [0.25, 0.3) is 0 Å². The molecule has 3 heteroatoms. The zero-order valence-corrected chi connectivity index (χ0v) is 24.9. The van der Waals surface area contributed by atoms with E-state index in [2.05, 4.69) is 165 Å². The summed E-state index contributed by atoms with van der Waals surface area (Å²) in [5, 5.41) is 8.52. The van der Waals surface area contributed by atoms with Crippen molar-refractivity contribution in [3.63, 3.8) is 0 Å². The highest BCUT2D eigenvalue weighted by Crippen LogP contribution is 2.33. The largest absolute Gasteiger partial charge is 0.256 e. The van der Waals surface area contributed by atoms with Crippen LogP contribution in [0.3, 0.4) is 0 Å². The van der Waals surface area contributed by atoms with Crippen LogP contribution in [0.5, 0.6) is 0 Å². The monoisotopic (exact) mass is 545 g/mol. The van der Waals surface area contributed by atoms with Crippen molar-refractivity contribution in [2.75, 3.05) is 0 Å². The van der Waals surface area contributed by atoms with Crippen molar-refractivity contribution in [2.24, 2.45) is 0 Å². The number of aromatic nitrogens is 1. The van der Waals surface area contributed by atoms with Gasteiger partial charge in [-0.3, -0.25) is 4.98 Å². The van der Waals surface area contributed by atoms with E-state index in [4.69, 9.17) is 4.98 Å². The lowest BCUT2D eigenvalue weighted by Gasteiger charge is -2.32. The van der Waals surface area contributed by atoms with Crippen LogP contribution in [0.2, 0.25) is 13.1 Å². The van der Waals surface area contributed by atoms with Crippen LogP contribution < -0.4 is 31.1 Å². The van der Waals surface area contributed by atoms with Gasteiger partial charge in [-0.1, -0.05) is 158 Å². The minimum Gasteiger partial charge on any atom is -0.256 e. The second-order valence-electron chi connectivity index (χ2n) is 11.2. The maximum absolute atomic E-state index is 5.19. The van der Waals surface area contributed by atoms with Gasteiger partial charge >= 0.3 is 0 Å². The Bertz CT molecular complexity index is 1760. The van der Waals surface area contributed by atoms with Crippen LogP contribution in [-0.4, -0.2) is 21.1 Å². The van der Waals surface area contributed by atoms with Crippen LogP contribution in [0.4, 0.5) is 0 Å². The number of nitrogens with zero attached hydrogens (tertiary/aromatic N) is 1. The van der Waals surface area contributed by atoms with E-state index in [0.29, 0.717) is 0 Å². The SMILES string of the molecule is C[Si](C)(c1ccccc1)c1ccc(-c2cccc3c2[Si](c2ccccc2)(c2ccccc2)c2ccccc2-3)nc1. The highest BCUT2D eigenvalue weighted by molar-refractivity contribution is 7.22. The molecule has 5 aromatic carbocycles. The molecule has 0 saturated heterocycles. The first-order chi connectivity index (χ1) is 19.6. The number of hydrogen-bond acceptors (Lipinski definition) is 1. The van der Waals surface area contributed by atoms with Gasteiger partial charge < -0.3 is 0 Å². The fourth-order valence-corrected chi connectivity index (χ4v) is 14.3. The van der Waals surface area contributed by atoms with Gasteiger partial charge in [-0.2, -0.15) is 0 Å². The fraction of sp³-hybridized carbons (Fsp3) is 0.0541. The molecule has 0 aliphatic carbocycles. The molecule has 1 nitrogen and oxygen atoms in total. The third-order valence-electron chi connectivity index (χ3n) is 8.73. The molecule has 0 fully saturated rings. The first-order valence-electron chi connectivity index (χ1n) is 14.0. The Labute approximate surface area is 238 Å². The van der Waals surface area contributed by atoms with E-state index in [1.807, 2.05) is 0 Å². The van der Waals surface area contributed by atoms with Crippen LogP contribution in [0.15, 0.2) is 152 Å². The maximum Gasteiger partial charge on any atom is 0.181 e. The minimum absolute atomic E-state index is 1.05. The number of fused-ring (bicyclic) bond motifs is 3. The smallest absolute Gasteiger partial charge is 0.181 e. The normalized spacial score (nSPS) is 13.4. The lowest BCUT2D eigenvalue weighted by atomic mass is 10.0. The van der Waals surface area contributed by atoms with Crippen LogP contribution in [0.25, 0.3) is 22.4 Å². The summed E-state index contributed by atoms with van der Waals surface area (Å²) in [6.45, 7) is 4.83. The average molecular weight is 546 g/mol. The standard InChI is InChI=1S/C37H31NSi2/c1-39(2,28-15-6-3-7-16-28)31-25-26-35(38-27-31)34-23-14-22-33-32-21-12-13-24-36(32)40(37(33)34,29-17-8-4-9-18-29)30-19-10-5-11-20-30/h3-27H,1-2H3. The van der Waals surface area contributed by atoms with Gasteiger partial charge in [0.2, 0.25) is 0 Å². The van der Waals surface area contributed by atoms with Gasteiger partial charge in [0.1, 0.15) is 8.07 Å². The molecular formula is C37H31NSi2. The maximum atomic E-state index is 5.19. The molecule has 0 radical (unpaired) electrons. The second kappa shape index (κ2) is 9.70. The molecule has 40 heavy (non-hydrogen) atoms. The van der Waals surface area contributed by atoms with Gasteiger partial charge in [0, 0.05) is 11.8 Å². The van der Waals surface area contributed by atoms with Crippen molar-refractivity contribution in [3.05, 3.63) is 152 Å². The summed E-state index contributed by atoms with van der Waals surface area (Å²) in [5.74, 6) is 0. The molecule has 1 aliphatic rings. The average Bonchev–Trinajstić information content (AvgIpc) is 3.34. The first kappa shape index (κ1) is 24.7. The number of benzene rings is 5. The third-order valence-corrected chi connectivity index (χ3v) is 17.2. The molecular weight excluding hydrogens is 515 g/mol. The van der Waals surface area contributed by atoms with Crippen molar-refractivity contribution in [1.29, 1.82) is 0 Å². The minimum atomic E-state index is -2.59. The van der Waals surface area contributed by atoms with Crippen molar-refractivity contribution in [2.45, 2.75) is 13.1 Å². The quantitative estimate of drug-likeness (QED) is 0.280. The lowest BCUT2D eigenvalue weighted by Crippen LogP contribution is -2.73. The number of rotatable bonds is 5. The van der Waals surface area contributed by atoms with E-state index < -0.39 is 16.1 Å². The Kier molecular flexibility index (Phi) is 5.99. The summed E-state index contributed by atoms with van der Waals surface area (Å²) >= 11 is 0. The highest BCUT2D eigenvalue weighted by atomic mass is 28.3. The molecule has 0 unspecified atom stereocenters. The van der Waals surface area contributed by atoms with Gasteiger partial charge in [0.05, 0.1) is 5.69 Å². The Morgan fingerprint density at radius 1 is 0.475 bits per heavy atom. The zero-order chi connectivity index (χ0) is 27.2. The highest BCUT2D eigenvalue weighted by Gasteiger charge is 2.50. The van der Waals surface area contributed by atoms with Gasteiger partial charge in [-0.05, 0) is 43.1 Å². The molecule has 0 amide bonds. The Hall–Kier alpha value is -4.32. The van der Waals surface area contributed by atoms with Crippen LogP contribution in [0.1, 0.15) is 0 Å². The predicted octanol–water partition coefficient (Wildman–Crippen LogP) is 4.93. The van der Waals surface area contributed by atoms with Crippen molar-refractivity contribution in [1.82, 2.24) is 4.98 Å². The molecule has 0 bridgehead atoms. The van der Waals surface area contributed by atoms with Crippen LogP contribution in [-0.2, 0) is 0 Å². The topological polar surface area (TPSA) is 12.9 Å². The Morgan fingerprint density at radius 2 is 1.02 bits per heavy atom. The molecule has 1 aromatic heterocycles. The van der Waals surface area contributed by atoms with Crippen LogP contribution in [0, 0.1) is 0 Å². The number of pyridine rings is 1. The van der Waals surface area contributed by atoms with Gasteiger partial charge in [-0.15, -0.1) is 0 Å². The van der Waals surface area contributed by atoms with E-state index in [1.165, 1.54) is 47.8 Å². The molecule has 0 N–H and O–H groups in total. The lowest BCUT2D eigenvalue weighted by molar-refractivity contribution is 1.34. The van der Waals surface area contributed by atoms with Gasteiger partial charge in [0.15, 0.2) is 8.07 Å². The summed E-state index contributed by atoms with van der Waals surface area (Å²) in [7, 11) is -4.43. The Balaban J connectivity index is 1.48. The summed E-state index contributed by atoms with van der Waals surface area (Å²) < 4.78 is 0. The molecule has 1 aliphatic heterocycles. The van der Waals surface area contributed by atoms with Crippen molar-refractivity contribution >= 4 is 47.3 Å². The van der Waals surface area contributed by atoms with E-state index >= 15 is 0 Å².